The Balaban J connectivity index is 2.14. The van der Waals surface area contributed by atoms with Crippen molar-refractivity contribution in [2.75, 3.05) is 6.54 Å². The van der Waals surface area contributed by atoms with E-state index in [0.717, 1.165) is 23.5 Å². The zero-order valence-electron chi connectivity index (χ0n) is 13.5. The van der Waals surface area contributed by atoms with Gasteiger partial charge in [0.05, 0.1) is 11.4 Å². The molecular formula is C19H23N3. The van der Waals surface area contributed by atoms with Crippen LogP contribution in [0.25, 0.3) is 16.9 Å². The highest BCUT2D eigenvalue weighted by Crippen LogP contribution is 2.29. The van der Waals surface area contributed by atoms with Crippen molar-refractivity contribution >= 4 is 5.65 Å². The standard InChI is InChI=1S/C19H23N3/c1-19(2,3)15-9-7-14(8-10-15)18-16(11-12-20)21-17-6-4-5-13-22(17)18/h4-10,13H,11-12,20H2,1-3H3. The predicted molar refractivity (Wildman–Crippen MR) is 92.1 cm³/mol. The van der Waals surface area contributed by atoms with Crippen LogP contribution in [0.5, 0.6) is 0 Å². The number of benzene rings is 1. The highest BCUT2D eigenvalue weighted by atomic mass is 15.0. The normalized spacial score (nSPS) is 12.0. The van der Waals surface area contributed by atoms with Crippen molar-refractivity contribution in [2.45, 2.75) is 32.6 Å². The molecule has 2 aromatic heterocycles. The molecule has 0 fully saturated rings. The molecular weight excluding hydrogens is 270 g/mol. The summed E-state index contributed by atoms with van der Waals surface area (Å²) in [6.07, 6.45) is 2.85. The number of pyridine rings is 1. The van der Waals surface area contributed by atoms with Crippen molar-refractivity contribution in [1.29, 1.82) is 0 Å². The van der Waals surface area contributed by atoms with Gasteiger partial charge in [-0.1, -0.05) is 51.1 Å². The van der Waals surface area contributed by atoms with Crippen LogP contribution >= 0.6 is 0 Å². The largest absolute Gasteiger partial charge is 0.330 e. The van der Waals surface area contributed by atoms with Gasteiger partial charge >= 0.3 is 0 Å². The summed E-state index contributed by atoms with van der Waals surface area (Å²) < 4.78 is 2.15. The molecule has 3 heteroatoms. The maximum Gasteiger partial charge on any atom is 0.137 e. The topological polar surface area (TPSA) is 43.3 Å². The van der Waals surface area contributed by atoms with Gasteiger partial charge in [0, 0.05) is 18.2 Å². The summed E-state index contributed by atoms with van der Waals surface area (Å²) in [6, 6.07) is 14.9. The second-order valence-electron chi connectivity index (χ2n) is 6.70. The van der Waals surface area contributed by atoms with Crippen LogP contribution in [0.2, 0.25) is 0 Å². The highest BCUT2D eigenvalue weighted by Gasteiger charge is 2.16. The van der Waals surface area contributed by atoms with Gasteiger partial charge in [0.15, 0.2) is 0 Å². The van der Waals surface area contributed by atoms with E-state index in [1.54, 1.807) is 0 Å². The number of rotatable bonds is 3. The second-order valence-corrected chi connectivity index (χ2v) is 6.70. The maximum atomic E-state index is 5.76. The molecule has 0 saturated heterocycles. The van der Waals surface area contributed by atoms with Gasteiger partial charge in [-0.05, 0) is 29.7 Å². The average molecular weight is 293 g/mol. The first-order valence-corrected chi connectivity index (χ1v) is 7.77. The Hall–Kier alpha value is -2.13. The first-order chi connectivity index (χ1) is 10.5. The quantitative estimate of drug-likeness (QED) is 0.798. The number of aromatic nitrogens is 2. The van der Waals surface area contributed by atoms with E-state index >= 15 is 0 Å². The van der Waals surface area contributed by atoms with Crippen LogP contribution in [0.15, 0.2) is 48.7 Å². The Bertz CT molecular complexity index is 777. The first-order valence-electron chi connectivity index (χ1n) is 7.77. The Morgan fingerprint density at radius 1 is 1.05 bits per heavy atom. The summed E-state index contributed by atoms with van der Waals surface area (Å²) in [6.45, 7) is 7.30. The Morgan fingerprint density at radius 2 is 1.77 bits per heavy atom. The van der Waals surface area contributed by atoms with Crippen molar-refractivity contribution in [3.05, 3.63) is 59.9 Å². The number of hydrogen-bond acceptors (Lipinski definition) is 2. The number of imidazole rings is 1. The van der Waals surface area contributed by atoms with E-state index in [0.29, 0.717) is 6.54 Å². The van der Waals surface area contributed by atoms with E-state index in [2.05, 4.69) is 55.6 Å². The summed E-state index contributed by atoms with van der Waals surface area (Å²) in [4.78, 5) is 4.73. The Labute approximate surface area is 131 Å². The van der Waals surface area contributed by atoms with Crippen molar-refractivity contribution in [3.8, 4) is 11.3 Å². The van der Waals surface area contributed by atoms with Crippen LogP contribution in [0.1, 0.15) is 32.0 Å². The van der Waals surface area contributed by atoms with Gasteiger partial charge in [-0.25, -0.2) is 4.98 Å². The van der Waals surface area contributed by atoms with Crippen LogP contribution in [-0.2, 0) is 11.8 Å². The van der Waals surface area contributed by atoms with Gasteiger partial charge in [0.1, 0.15) is 5.65 Å². The molecule has 3 nitrogen and oxygen atoms in total. The molecule has 1 aromatic carbocycles. The van der Waals surface area contributed by atoms with Crippen molar-refractivity contribution < 1.29 is 0 Å². The van der Waals surface area contributed by atoms with Crippen LogP contribution in [0, 0.1) is 0 Å². The van der Waals surface area contributed by atoms with E-state index in [-0.39, 0.29) is 5.41 Å². The number of fused-ring (bicyclic) bond motifs is 1. The monoisotopic (exact) mass is 293 g/mol. The summed E-state index contributed by atoms with van der Waals surface area (Å²) in [5.41, 5.74) is 11.6. The van der Waals surface area contributed by atoms with Crippen LogP contribution < -0.4 is 5.73 Å². The molecule has 0 spiro atoms. The molecule has 0 atom stereocenters. The van der Waals surface area contributed by atoms with Crippen molar-refractivity contribution in [1.82, 2.24) is 9.38 Å². The molecule has 0 aliphatic heterocycles. The molecule has 2 heterocycles. The summed E-state index contributed by atoms with van der Waals surface area (Å²) in [5, 5.41) is 0. The van der Waals surface area contributed by atoms with Gasteiger partial charge in [-0.2, -0.15) is 0 Å². The van der Waals surface area contributed by atoms with E-state index in [4.69, 9.17) is 10.7 Å². The summed E-state index contributed by atoms with van der Waals surface area (Å²) >= 11 is 0. The molecule has 0 bridgehead atoms. The lowest BCUT2D eigenvalue weighted by molar-refractivity contribution is 0.590. The molecule has 0 saturated carbocycles. The molecule has 3 aromatic rings. The molecule has 0 aliphatic carbocycles. The minimum absolute atomic E-state index is 0.165. The number of nitrogens with zero attached hydrogens (tertiary/aromatic N) is 2. The number of nitrogens with two attached hydrogens (primary N) is 1. The maximum absolute atomic E-state index is 5.76. The fraction of sp³-hybridized carbons (Fsp3) is 0.316. The Morgan fingerprint density at radius 3 is 2.41 bits per heavy atom. The van der Waals surface area contributed by atoms with Gasteiger partial charge in [-0.15, -0.1) is 0 Å². The number of hydrogen-bond donors (Lipinski definition) is 1. The third kappa shape index (κ3) is 2.64. The molecule has 0 amide bonds. The predicted octanol–water partition coefficient (Wildman–Crippen LogP) is 3.80. The van der Waals surface area contributed by atoms with Crippen molar-refractivity contribution in [3.63, 3.8) is 0 Å². The van der Waals surface area contributed by atoms with E-state index in [1.165, 1.54) is 11.1 Å². The smallest absolute Gasteiger partial charge is 0.137 e. The molecule has 22 heavy (non-hydrogen) atoms. The van der Waals surface area contributed by atoms with Crippen molar-refractivity contribution in [2.24, 2.45) is 5.73 Å². The van der Waals surface area contributed by atoms with Crippen LogP contribution in [0.4, 0.5) is 0 Å². The summed E-state index contributed by atoms with van der Waals surface area (Å²) in [5.74, 6) is 0. The molecule has 114 valence electrons. The summed E-state index contributed by atoms with van der Waals surface area (Å²) in [7, 11) is 0. The average Bonchev–Trinajstić information content (AvgIpc) is 2.85. The first kappa shape index (κ1) is 14.8. The SMILES string of the molecule is CC(C)(C)c1ccc(-c2c(CCN)nc3ccccn23)cc1. The highest BCUT2D eigenvalue weighted by molar-refractivity contribution is 5.67. The third-order valence-electron chi connectivity index (χ3n) is 4.01. The van der Waals surface area contributed by atoms with E-state index < -0.39 is 0 Å². The lowest BCUT2D eigenvalue weighted by atomic mass is 9.86. The minimum Gasteiger partial charge on any atom is -0.330 e. The van der Waals surface area contributed by atoms with Crippen LogP contribution in [0.3, 0.4) is 0 Å². The second kappa shape index (κ2) is 5.58. The minimum atomic E-state index is 0.165. The van der Waals surface area contributed by atoms with E-state index in [1.807, 2.05) is 18.2 Å². The van der Waals surface area contributed by atoms with E-state index in [9.17, 15) is 0 Å². The molecule has 0 aliphatic rings. The lowest BCUT2D eigenvalue weighted by Gasteiger charge is -2.19. The fourth-order valence-electron chi connectivity index (χ4n) is 2.79. The molecule has 0 unspecified atom stereocenters. The lowest BCUT2D eigenvalue weighted by Crippen LogP contribution is -2.10. The molecule has 3 rings (SSSR count). The molecule has 0 radical (unpaired) electrons. The van der Waals surface area contributed by atoms with Gasteiger partial charge in [-0.3, -0.25) is 4.40 Å². The van der Waals surface area contributed by atoms with Gasteiger partial charge in [0.2, 0.25) is 0 Å². The van der Waals surface area contributed by atoms with Gasteiger partial charge < -0.3 is 5.73 Å². The van der Waals surface area contributed by atoms with Gasteiger partial charge in [0.25, 0.3) is 0 Å². The zero-order valence-corrected chi connectivity index (χ0v) is 13.5. The zero-order chi connectivity index (χ0) is 15.7. The third-order valence-corrected chi connectivity index (χ3v) is 4.01. The Kier molecular flexibility index (Phi) is 3.75. The fourth-order valence-corrected chi connectivity index (χ4v) is 2.79. The molecule has 2 N–H and O–H groups in total. The van der Waals surface area contributed by atoms with Crippen LogP contribution in [-0.4, -0.2) is 15.9 Å².